The summed E-state index contributed by atoms with van der Waals surface area (Å²) < 4.78 is 0. The number of nitrogens with one attached hydrogen (secondary N) is 1. The summed E-state index contributed by atoms with van der Waals surface area (Å²) in [5, 5.41) is 3.81. The summed E-state index contributed by atoms with van der Waals surface area (Å²) in [7, 11) is 0. The molecule has 104 valence electrons. The Morgan fingerprint density at radius 1 is 1.26 bits per heavy atom. The van der Waals surface area contributed by atoms with E-state index in [0.717, 1.165) is 37.2 Å². The van der Waals surface area contributed by atoms with Crippen LogP contribution in [0.15, 0.2) is 18.2 Å². The molecule has 4 heteroatoms. The molecule has 0 spiro atoms. The number of likely N-dealkylation sites (tertiary alicyclic amines) is 1. The van der Waals surface area contributed by atoms with Crippen molar-refractivity contribution in [1.82, 2.24) is 4.90 Å². The van der Waals surface area contributed by atoms with E-state index in [2.05, 4.69) is 5.32 Å². The predicted molar refractivity (Wildman–Crippen MR) is 79.7 cm³/mol. The molecule has 0 aromatic heterocycles. The molecular weight excluding hydrogens is 260 g/mol. The number of nitrogens with zero attached hydrogens (tertiary/aromatic N) is 1. The molecule has 1 aliphatic rings. The van der Waals surface area contributed by atoms with Crippen LogP contribution in [0.5, 0.6) is 0 Å². The van der Waals surface area contributed by atoms with E-state index in [1.54, 1.807) is 0 Å². The fourth-order valence-corrected chi connectivity index (χ4v) is 2.56. The van der Waals surface area contributed by atoms with Gasteiger partial charge in [-0.25, -0.2) is 0 Å². The maximum Gasteiger partial charge on any atom is 0.241 e. The summed E-state index contributed by atoms with van der Waals surface area (Å²) in [6.45, 7) is 4.12. The van der Waals surface area contributed by atoms with Gasteiger partial charge in [-0.05, 0) is 37.5 Å². The van der Waals surface area contributed by atoms with Crippen molar-refractivity contribution >= 4 is 23.2 Å². The van der Waals surface area contributed by atoms with Gasteiger partial charge in [0.2, 0.25) is 5.91 Å². The highest BCUT2D eigenvalue weighted by atomic mass is 35.5. The third-order valence-electron chi connectivity index (χ3n) is 3.51. The maximum atomic E-state index is 12.1. The lowest BCUT2D eigenvalue weighted by atomic mass is 10.2. The third-order valence-corrected chi connectivity index (χ3v) is 3.84. The first-order chi connectivity index (χ1) is 9.16. The van der Waals surface area contributed by atoms with Gasteiger partial charge in [-0.15, -0.1) is 0 Å². The average molecular weight is 281 g/mol. The quantitative estimate of drug-likeness (QED) is 0.920. The second kappa shape index (κ2) is 6.80. The van der Waals surface area contributed by atoms with Crippen LogP contribution in [0.25, 0.3) is 0 Å². The highest BCUT2D eigenvalue weighted by Gasteiger charge is 2.15. The van der Waals surface area contributed by atoms with Gasteiger partial charge in [-0.2, -0.15) is 0 Å². The number of halogens is 1. The first kappa shape index (κ1) is 14.2. The van der Waals surface area contributed by atoms with Gasteiger partial charge in [0.05, 0.1) is 17.3 Å². The zero-order valence-corrected chi connectivity index (χ0v) is 12.2. The monoisotopic (exact) mass is 280 g/mol. The molecule has 2 rings (SSSR count). The topological polar surface area (TPSA) is 32.3 Å². The predicted octanol–water partition coefficient (Wildman–Crippen LogP) is 3.46. The Labute approximate surface area is 119 Å². The van der Waals surface area contributed by atoms with E-state index in [0.29, 0.717) is 11.6 Å². The second-order valence-electron chi connectivity index (χ2n) is 5.13. The fourth-order valence-electron chi connectivity index (χ4n) is 2.38. The molecule has 3 nitrogen and oxygen atoms in total. The summed E-state index contributed by atoms with van der Waals surface area (Å²) in [5.41, 5.74) is 1.97. The molecule has 19 heavy (non-hydrogen) atoms. The summed E-state index contributed by atoms with van der Waals surface area (Å²) in [6, 6.07) is 5.79. The highest BCUT2D eigenvalue weighted by Crippen LogP contribution is 2.22. The third kappa shape index (κ3) is 4.13. The molecular formula is C15H21ClN2O. The minimum atomic E-state index is 0.166. The zero-order valence-electron chi connectivity index (χ0n) is 11.4. The lowest BCUT2D eigenvalue weighted by molar-refractivity contribution is -0.129. The fraction of sp³-hybridized carbons (Fsp3) is 0.533. The van der Waals surface area contributed by atoms with Gasteiger partial charge < -0.3 is 10.2 Å². The summed E-state index contributed by atoms with van der Waals surface area (Å²) in [6.07, 6.45) is 4.72. The van der Waals surface area contributed by atoms with Crippen molar-refractivity contribution in [3.05, 3.63) is 28.8 Å². The minimum absolute atomic E-state index is 0.166. The highest BCUT2D eigenvalue weighted by molar-refractivity contribution is 6.33. The van der Waals surface area contributed by atoms with Gasteiger partial charge in [0.25, 0.3) is 0 Å². The largest absolute Gasteiger partial charge is 0.375 e. The molecule has 1 saturated heterocycles. The van der Waals surface area contributed by atoms with Crippen LogP contribution in [-0.2, 0) is 4.79 Å². The molecule has 0 radical (unpaired) electrons. The van der Waals surface area contributed by atoms with Gasteiger partial charge in [-0.1, -0.05) is 30.5 Å². The first-order valence-electron chi connectivity index (χ1n) is 6.94. The van der Waals surface area contributed by atoms with Crippen molar-refractivity contribution < 1.29 is 4.79 Å². The van der Waals surface area contributed by atoms with Crippen LogP contribution in [-0.4, -0.2) is 30.4 Å². The van der Waals surface area contributed by atoms with Crippen LogP contribution in [0.4, 0.5) is 5.69 Å². The van der Waals surface area contributed by atoms with Crippen LogP contribution in [0, 0.1) is 6.92 Å². The lowest BCUT2D eigenvalue weighted by Gasteiger charge is -2.21. The van der Waals surface area contributed by atoms with Crippen molar-refractivity contribution in [2.24, 2.45) is 0 Å². The molecule has 1 aliphatic heterocycles. The van der Waals surface area contributed by atoms with E-state index in [4.69, 9.17) is 11.6 Å². The van der Waals surface area contributed by atoms with Crippen LogP contribution < -0.4 is 5.32 Å². The summed E-state index contributed by atoms with van der Waals surface area (Å²) >= 11 is 6.10. The zero-order chi connectivity index (χ0) is 13.7. The van der Waals surface area contributed by atoms with E-state index in [-0.39, 0.29) is 5.91 Å². The van der Waals surface area contributed by atoms with E-state index < -0.39 is 0 Å². The Hall–Kier alpha value is -1.22. The number of carbonyl (C=O) groups is 1. The standard InChI is InChI=1S/C15H21ClN2O/c1-12-6-7-13(16)14(10-12)17-11-15(19)18-8-4-2-3-5-9-18/h6-7,10,17H,2-5,8-9,11H2,1H3. The molecule has 1 N–H and O–H groups in total. The molecule has 1 aromatic carbocycles. The van der Waals surface area contributed by atoms with E-state index in [1.165, 1.54) is 12.8 Å². The number of carbonyl (C=O) groups excluding carboxylic acids is 1. The first-order valence-corrected chi connectivity index (χ1v) is 7.32. The number of hydrogen-bond donors (Lipinski definition) is 1. The number of benzene rings is 1. The smallest absolute Gasteiger partial charge is 0.241 e. The molecule has 0 aliphatic carbocycles. The van der Waals surface area contributed by atoms with Crippen LogP contribution >= 0.6 is 11.6 Å². The van der Waals surface area contributed by atoms with Crippen LogP contribution in [0.3, 0.4) is 0 Å². The summed E-state index contributed by atoms with van der Waals surface area (Å²) in [5.74, 6) is 0.166. The van der Waals surface area contributed by atoms with Gasteiger partial charge in [-0.3, -0.25) is 4.79 Å². The Kier molecular flexibility index (Phi) is 5.08. The molecule has 1 amide bonds. The number of rotatable bonds is 3. The molecule has 0 atom stereocenters. The number of aryl methyl sites for hydroxylation is 1. The Morgan fingerprint density at radius 3 is 2.63 bits per heavy atom. The van der Waals surface area contributed by atoms with Gasteiger partial charge in [0, 0.05) is 13.1 Å². The molecule has 0 bridgehead atoms. The van der Waals surface area contributed by atoms with E-state index in [1.807, 2.05) is 30.0 Å². The normalized spacial score (nSPS) is 16.0. The maximum absolute atomic E-state index is 12.1. The van der Waals surface area contributed by atoms with Crippen molar-refractivity contribution in [1.29, 1.82) is 0 Å². The van der Waals surface area contributed by atoms with Gasteiger partial charge in [0.1, 0.15) is 0 Å². The molecule has 0 saturated carbocycles. The molecule has 1 aromatic rings. The van der Waals surface area contributed by atoms with Crippen molar-refractivity contribution in [2.75, 3.05) is 25.0 Å². The van der Waals surface area contributed by atoms with Crippen molar-refractivity contribution in [2.45, 2.75) is 32.6 Å². The number of anilines is 1. The van der Waals surface area contributed by atoms with Crippen LogP contribution in [0.2, 0.25) is 5.02 Å². The molecule has 1 heterocycles. The Morgan fingerprint density at radius 2 is 1.95 bits per heavy atom. The van der Waals surface area contributed by atoms with E-state index in [9.17, 15) is 4.79 Å². The van der Waals surface area contributed by atoms with E-state index >= 15 is 0 Å². The SMILES string of the molecule is Cc1ccc(Cl)c(NCC(=O)N2CCCCCC2)c1. The van der Waals surface area contributed by atoms with Gasteiger partial charge in [0.15, 0.2) is 0 Å². The number of hydrogen-bond acceptors (Lipinski definition) is 2. The minimum Gasteiger partial charge on any atom is -0.375 e. The Bertz CT molecular complexity index is 440. The molecule has 1 fully saturated rings. The summed E-state index contributed by atoms with van der Waals surface area (Å²) in [4.78, 5) is 14.1. The average Bonchev–Trinajstić information content (AvgIpc) is 2.68. The Balaban J connectivity index is 1.90. The van der Waals surface area contributed by atoms with Crippen molar-refractivity contribution in [3.8, 4) is 0 Å². The van der Waals surface area contributed by atoms with Crippen LogP contribution in [0.1, 0.15) is 31.2 Å². The lowest BCUT2D eigenvalue weighted by Crippen LogP contribution is -2.36. The van der Waals surface area contributed by atoms with Gasteiger partial charge >= 0.3 is 0 Å². The van der Waals surface area contributed by atoms with Crippen molar-refractivity contribution in [3.63, 3.8) is 0 Å². The number of amides is 1. The molecule has 0 unspecified atom stereocenters. The second-order valence-corrected chi connectivity index (χ2v) is 5.54.